The van der Waals surface area contributed by atoms with Crippen molar-refractivity contribution < 1.29 is 23.4 Å². The number of amides is 1. The molecular weight excluding hydrogens is 456 g/mol. The van der Waals surface area contributed by atoms with Gasteiger partial charge in [0.15, 0.2) is 5.13 Å². The highest BCUT2D eigenvalue weighted by molar-refractivity contribution is 7.13. The van der Waals surface area contributed by atoms with Gasteiger partial charge in [-0.3, -0.25) is 10.1 Å². The lowest BCUT2D eigenvalue weighted by atomic mass is 10.1. The van der Waals surface area contributed by atoms with Gasteiger partial charge in [0, 0.05) is 30.7 Å². The Balaban J connectivity index is 1.57. The summed E-state index contributed by atoms with van der Waals surface area (Å²) in [6.07, 6.45) is 2.11. The molecule has 9 nitrogen and oxygen atoms in total. The highest BCUT2D eigenvalue weighted by Crippen LogP contribution is 2.31. The summed E-state index contributed by atoms with van der Waals surface area (Å²) in [6.45, 7) is 4.26. The molecule has 1 N–H and O–H groups in total. The maximum Gasteiger partial charge on any atom is 0.261 e. The Morgan fingerprint density at radius 1 is 1.15 bits per heavy atom. The van der Waals surface area contributed by atoms with Gasteiger partial charge >= 0.3 is 0 Å². The number of anilines is 1. The lowest BCUT2D eigenvalue weighted by molar-refractivity contribution is 0.0916. The predicted molar refractivity (Wildman–Crippen MR) is 128 cm³/mol. The summed E-state index contributed by atoms with van der Waals surface area (Å²) in [5.41, 5.74) is 1.09. The molecule has 4 aromatic rings. The van der Waals surface area contributed by atoms with Gasteiger partial charge in [0.25, 0.3) is 5.91 Å². The van der Waals surface area contributed by atoms with Gasteiger partial charge < -0.3 is 18.6 Å². The highest BCUT2D eigenvalue weighted by atomic mass is 32.1. The maximum absolute atomic E-state index is 13.0. The van der Waals surface area contributed by atoms with Crippen molar-refractivity contribution in [2.45, 2.75) is 26.4 Å². The number of methoxy groups -OCH3 is 1. The molecule has 10 heteroatoms. The minimum absolute atomic E-state index is 0.183. The monoisotopic (exact) mass is 480 g/mol. The van der Waals surface area contributed by atoms with Gasteiger partial charge in [-0.05, 0) is 49.4 Å². The average molecular weight is 481 g/mol. The Kier molecular flexibility index (Phi) is 7.51. The van der Waals surface area contributed by atoms with Gasteiger partial charge in [-0.15, -0.1) is 21.5 Å². The van der Waals surface area contributed by atoms with Crippen LogP contribution in [0.25, 0.3) is 11.5 Å². The van der Waals surface area contributed by atoms with Crippen molar-refractivity contribution in [1.82, 2.24) is 15.2 Å². The van der Waals surface area contributed by atoms with E-state index in [4.69, 9.17) is 18.6 Å². The lowest BCUT2D eigenvalue weighted by Crippen LogP contribution is -2.18. The number of thiazole rings is 1. The molecule has 2 aromatic heterocycles. The largest absolute Gasteiger partial charge is 0.488 e. The Morgan fingerprint density at radius 2 is 1.94 bits per heavy atom. The van der Waals surface area contributed by atoms with Gasteiger partial charge in [-0.1, -0.05) is 6.92 Å². The van der Waals surface area contributed by atoms with Crippen LogP contribution in [0.5, 0.6) is 17.2 Å². The third kappa shape index (κ3) is 5.77. The molecule has 176 valence electrons. The number of hydrogen-bond donors (Lipinski definition) is 1. The van der Waals surface area contributed by atoms with Crippen LogP contribution in [0.2, 0.25) is 0 Å². The molecule has 0 fully saturated rings. The number of ether oxygens (including phenoxy) is 3. The van der Waals surface area contributed by atoms with E-state index in [0.29, 0.717) is 52.8 Å². The maximum atomic E-state index is 13.0. The summed E-state index contributed by atoms with van der Waals surface area (Å²) in [5.74, 6) is 2.11. The molecular formula is C24H24N4O5S. The molecule has 0 aliphatic heterocycles. The number of nitrogens with zero attached hydrogens (tertiary/aromatic N) is 3. The summed E-state index contributed by atoms with van der Waals surface area (Å²) in [5, 5.41) is 13.1. The molecule has 2 heterocycles. The van der Waals surface area contributed by atoms with Crippen LogP contribution >= 0.6 is 11.3 Å². The Labute approximate surface area is 200 Å². The third-order valence-electron chi connectivity index (χ3n) is 4.69. The topological polar surface area (TPSA) is 109 Å². The van der Waals surface area contributed by atoms with Crippen LogP contribution in [-0.4, -0.2) is 40.9 Å². The van der Waals surface area contributed by atoms with E-state index >= 15 is 0 Å². The second-order valence-electron chi connectivity index (χ2n) is 7.31. The first kappa shape index (κ1) is 23.4. The smallest absolute Gasteiger partial charge is 0.261 e. The van der Waals surface area contributed by atoms with E-state index < -0.39 is 0 Å². The van der Waals surface area contributed by atoms with Crippen molar-refractivity contribution in [3.8, 4) is 28.7 Å². The summed E-state index contributed by atoms with van der Waals surface area (Å²) >= 11 is 1.33. The van der Waals surface area contributed by atoms with Crippen molar-refractivity contribution in [1.29, 1.82) is 0 Å². The quantitative estimate of drug-likeness (QED) is 0.329. The second kappa shape index (κ2) is 10.9. The van der Waals surface area contributed by atoms with Crippen molar-refractivity contribution in [2.24, 2.45) is 0 Å². The normalized spacial score (nSPS) is 11.7. The molecule has 4 rings (SSSR count). The van der Waals surface area contributed by atoms with E-state index in [1.807, 2.05) is 26.0 Å². The van der Waals surface area contributed by atoms with E-state index in [9.17, 15) is 4.79 Å². The van der Waals surface area contributed by atoms with Crippen LogP contribution < -0.4 is 14.8 Å². The zero-order valence-electron chi connectivity index (χ0n) is 19.0. The minimum atomic E-state index is -0.357. The highest BCUT2D eigenvalue weighted by Gasteiger charge is 2.18. The SMILES string of the molecule is CCc1nnc(-c2ccc(Oc3ccc(OC(C)COC)cc3C(=O)Nc3nccs3)cc2)o1. The molecule has 1 atom stereocenters. The first-order valence-corrected chi connectivity index (χ1v) is 11.5. The number of rotatable bonds is 10. The third-order valence-corrected chi connectivity index (χ3v) is 5.37. The second-order valence-corrected chi connectivity index (χ2v) is 8.21. The number of nitrogens with one attached hydrogen (secondary N) is 1. The number of carbonyl (C=O) groups is 1. The molecule has 34 heavy (non-hydrogen) atoms. The molecule has 1 amide bonds. The summed E-state index contributed by atoms with van der Waals surface area (Å²) in [7, 11) is 1.61. The van der Waals surface area contributed by atoms with E-state index in [1.165, 1.54) is 11.3 Å². The van der Waals surface area contributed by atoms with Crippen LogP contribution in [0.1, 0.15) is 30.1 Å². The molecule has 0 aliphatic rings. The molecule has 2 aromatic carbocycles. The van der Waals surface area contributed by atoms with Crippen LogP contribution in [0.15, 0.2) is 58.5 Å². The van der Waals surface area contributed by atoms with Crippen molar-refractivity contribution >= 4 is 22.4 Å². The zero-order valence-corrected chi connectivity index (χ0v) is 19.8. The Hall–Kier alpha value is -3.76. The molecule has 0 saturated carbocycles. The standard InChI is InChI=1S/C24H24N4O5S/c1-4-21-27-28-23(33-21)16-5-7-17(8-6-16)32-20-10-9-18(31-15(2)14-30-3)13-19(20)22(29)26-24-25-11-12-34-24/h5-13,15H,4,14H2,1-3H3,(H,25,26,29). The fourth-order valence-corrected chi connectivity index (χ4v) is 3.63. The van der Waals surface area contributed by atoms with Crippen LogP contribution in [-0.2, 0) is 11.2 Å². The predicted octanol–water partition coefficient (Wildman–Crippen LogP) is 5.21. The van der Waals surface area contributed by atoms with Gasteiger partial charge in [0.1, 0.15) is 23.4 Å². The van der Waals surface area contributed by atoms with Crippen LogP contribution in [0, 0.1) is 0 Å². The molecule has 0 aliphatic carbocycles. The fraction of sp³-hybridized carbons (Fsp3) is 0.250. The van der Waals surface area contributed by atoms with Gasteiger partial charge in [-0.25, -0.2) is 4.98 Å². The van der Waals surface area contributed by atoms with E-state index in [1.54, 1.807) is 49.0 Å². The van der Waals surface area contributed by atoms with Gasteiger partial charge in [0.05, 0.1) is 12.2 Å². The van der Waals surface area contributed by atoms with Gasteiger partial charge in [0.2, 0.25) is 11.8 Å². The minimum Gasteiger partial charge on any atom is -0.488 e. The number of aryl methyl sites for hydroxylation is 1. The lowest BCUT2D eigenvalue weighted by Gasteiger charge is -2.16. The summed E-state index contributed by atoms with van der Waals surface area (Å²) < 4.78 is 22.6. The van der Waals surface area contributed by atoms with Gasteiger partial charge in [-0.2, -0.15) is 0 Å². The number of carbonyl (C=O) groups excluding carboxylic acids is 1. The fourth-order valence-electron chi connectivity index (χ4n) is 3.11. The summed E-state index contributed by atoms with van der Waals surface area (Å²) in [4.78, 5) is 17.1. The molecule has 0 radical (unpaired) electrons. The molecule has 0 spiro atoms. The molecule has 0 bridgehead atoms. The summed E-state index contributed by atoms with van der Waals surface area (Å²) in [6, 6.07) is 12.3. The zero-order chi connectivity index (χ0) is 23.9. The van der Waals surface area contributed by atoms with Crippen molar-refractivity contribution in [3.05, 3.63) is 65.5 Å². The number of aromatic nitrogens is 3. The van der Waals surface area contributed by atoms with Crippen LogP contribution in [0.4, 0.5) is 5.13 Å². The van der Waals surface area contributed by atoms with Crippen LogP contribution in [0.3, 0.4) is 0 Å². The van der Waals surface area contributed by atoms with Crippen molar-refractivity contribution in [3.63, 3.8) is 0 Å². The Bertz CT molecular complexity index is 1220. The molecule has 0 saturated heterocycles. The van der Waals surface area contributed by atoms with E-state index in [-0.39, 0.29) is 12.0 Å². The Morgan fingerprint density at radius 3 is 2.62 bits per heavy atom. The van der Waals surface area contributed by atoms with E-state index in [0.717, 1.165) is 5.56 Å². The molecule has 1 unspecified atom stereocenters. The first-order chi connectivity index (χ1) is 16.6. The number of benzene rings is 2. The van der Waals surface area contributed by atoms with Crippen molar-refractivity contribution in [2.75, 3.05) is 19.0 Å². The number of hydrogen-bond acceptors (Lipinski definition) is 9. The first-order valence-electron chi connectivity index (χ1n) is 10.7. The average Bonchev–Trinajstić information content (AvgIpc) is 3.53. The van der Waals surface area contributed by atoms with E-state index in [2.05, 4.69) is 20.5 Å².